The van der Waals surface area contributed by atoms with E-state index < -0.39 is 0 Å². The van der Waals surface area contributed by atoms with Crippen molar-refractivity contribution in [2.45, 2.75) is 44.9 Å². The van der Waals surface area contributed by atoms with E-state index in [1.165, 1.54) is 38.5 Å². The van der Waals surface area contributed by atoms with E-state index in [9.17, 15) is 0 Å². The fraction of sp³-hybridized carbons (Fsp3) is 0.500. The van der Waals surface area contributed by atoms with Crippen molar-refractivity contribution >= 4 is 11.6 Å². The van der Waals surface area contributed by atoms with Gasteiger partial charge in [0.2, 0.25) is 11.7 Å². The molecule has 1 saturated carbocycles. The van der Waals surface area contributed by atoms with Crippen LogP contribution in [0.25, 0.3) is 11.4 Å². The van der Waals surface area contributed by atoms with Gasteiger partial charge in [0.15, 0.2) is 0 Å². The maximum atomic E-state index is 5.88. The van der Waals surface area contributed by atoms with Gasteiger partial charge >= 0.3 is 0 Å². The predicted octanol–water partition coefficient (Wildman–Crippen LogP) is 4.90. The van der Waals surface area contributed by atoms with Crippen LogP contribution in [-0.4, -0.2) is 10.1 Å². The lowest BCUT2D eigenvalue weighted by atomic mass is 9.86. The van der Waals surface area contributed by atoms with Gasteiger partial charge < -0.3 is 4.52 Å². The molecule has 4 heteroatoms. The number of aryl methyl sites for hydroxylation is 1. The lowest BCUT2D eigenvalue weighted by molar-refractivity contribution is 0.315. The Morgan fingerprint density at radius 1 is 1.10 bits per heavy atom. The Morgan fingerprint density at radius 3 is 2.60 bits per heavy atom. The van der Waals surface area contributed by atoms with Crippen molar-refractivity contribution in [3.63, 3.8) is 0 Å². The van der Waals surface area contributed by atoms with Gasteiger partial charge in [-0.15, -0.1) is 0 Å². The van der Waals surface area contributed by atoms with Gasteiger partial charge in [-0.05, 0) is 36.6 Å². The summed E-state index contributed by atoms with van der Waals surface area (Å²) >= 11 is 5.88. The minimum atomic E-state index is 0.653. The first-order valence-corrected chi connectivity index (χ1v) is 7.77. The SMILES string of the molecule is Clc1ccc(-c2noc(CCC3CCCCC3)n2)cc1. The van der Waals surface area contributed by atoms with Gasteiger partial charge in [0, 0.05) is 17.0 Å². The fourth-order valence-electron chi connectivity index (χ4n) is 2.88. The van der Waals surface area contributed by atoms with Crippen molar-refractivity contribution in [1.29, 1.82) is 0 Å². The average Bonchev–Trinajstić information content (AvgIpc) is 2.96. The second kappa shape index (κ2) is 6.40. The van der Waals surface area contributed by atoms with Gasteiger partial charge in [-0.1, -0.05) is 48.9 Å². The van der Waals surface area contributed by atoms with Crippen LogP contribution in [0.2, 0.25) is 5.02 Å². The molecule has 0 unspecified atom stereocenters. The van der Waals surface area contributed by atoms with Crippen LogP contribution in [0, 0.1) is 5.92 Å². The number of hydrogen-bond acceptors (Lipinski definition) is 3. The molecule has 0 atom stereocenters. The maximum Gasteiger partial charge on any atom is 0.226 e. The molecule has 1 aromatic carbocycles. The number of rotatable bonds is 4. The molecule has 2 aromatic rings. The zero-order chi connectivity index (χ0) is 13.8. The first-order valence-electron chi connectivity index (χ1n) is 7.40. The fourth-order valence-corrected chi connectivity index (χ4v) is 3.00. The van der Waals surface area contributed by atoms with Crippen LogP contribution < -0.4 is 0 Å². The molecule has 20 heavy (non-hydrogen) atoms. The molecular weight excluding hydrogens is 272 g/mol. The normalized spacial score (nSPS) is 16.4. The molecule has 1 fully saturated rings. The second-order valence-electron chi connectivity index (χ2n) is 5.56. The van der Waals surface area contributed by atoms with Crippen LogP contribution >= 0.6 is 11.6 Å². The summed E-state index contributed by atoms with van der Waals surface area (Å²) in [6, 6.07) is 7.51. The molecule has 1 heterocycles. The molecule has 0 saturated heterocycles. The lowest BCUT2D eigenvalue weighted by Crippen LogP contribution is -2.07. The second-order valence-corrected chi connectivity index (χ2v) is 6.00. The smallest absolute Gasteiger partial charge is 0.226 e. The largest absolute Gasteiger partial charge is 0.339 e. The highest BCUT2D eigenvalue weighted by atomic mass is 35.5. The van der Waals surface area contributed by atoms with Crippen molar-refractivity contribution in [2.24, 2.45) is 5.92 Å². The monoisotopic (exact) mass is 290 g/mol. The van der Waals surface area contributed by atoms with Crippen LogP contribution in [0.5, 0.6) is 0 Å². The van der Waals surface area contributed by atoms with Gasteiger partial charge in [0.25, 0.3) is 0 Å². The molecular formula is C16H19ClN2O. The van der Waals surface area contributed by atoms with Crippen molar-refractivity contribution in [3.05, 3.63) is 35.2 Å². The molecule has 3 nitrogen and oxygen atoms in total. The van der Waals surface area contributed by atoms with Gasteiger partial charge in [-0.3, -0.25) is 0 Å². The summed E-state index contributed by atoms with van der Waals surface area (Å²) in [5.41, 5.74) is 0.946. The van der Waals surface area contributed by atoms with Crippen molar-refractivity contribution in [2.75, 3.05) is 0 Å². The van der Waals surface area contributed by atoms with Gasteiger partial charge in [0.05, 0.1) is 0 Å². The summed E-state index contributed by atoms with van der Waals surface area (Å²) in [5.74, 6) is 2.25. The van der Waals surface area contributed by atoms with Gasteiger partial charge in [0.1, 0.15) is 0 Å². The van der Waals surface area contributed by atoms with E-state index >= 15 is 0 Å². The van der Waals surface area contributed by atoms with E-state index in [1.807, 2.05) is 24.3 Å². The molecule has 1 aromatic heterocycles. The molecule has 0 amide bonds. The molecule has 0 aliphatic heterocycles. The van der Waals surface area contributed by atoms with E-state index in [2.05, 4.69) is 10.1 Å². The van der Waals surface area contributed by atoms with Crippen LogP contribution in [0.4, 0.5) is 0 Å². The van der Waals surface area contributed by atoms with E-state index in [1.54, 1.807) is 0 Å². The number of hydrogen-bond donors (Lipinski definition) is 0. The zero-order valence-electron chi connectivity index (χ0n) is 11.5. The minimum Gasteiger partial charge on any atom is -0.339 e. The summed E-state index contributed by atoms with van der Waals surface area (Å²) in [6.07, 6.45) is 8.94. The highest BCUT2D eigenvalue weighted by Crippen LogP contribution is 2.27. The Bertz CT molecular complexity index is 544. The minimum absolute atomic E-state index is 0.653. The van der Waals surface area contributed by atoms with Crippen LogP contribution in [-0.2, 0) is 6.42 Å². The van der Waals surface area contributed by atoms with Crippen LogP contribution in [0.15, 0.2) is 28.8 Å². The van der Waals surface area contributed by atoms with Gasteiger partial charge in [-0.25, -0.2) is 0 Å². The molecule has 0 radical (unpaired) electrons. The molecule has 106 valence electrons. The third-order valence-electron chi connectivity index (χ3n) is 4.06. The van der Waals surface area contributed by atoms with E-state index in [-0.39, 0.29) is 0 Å². The Labute approximate surface area is 124 Å². The summed E-state index contributed by atoms with van der Waals surface area (Å²) in [5, 5.41) is 4.77. The Kier molecular flexibility index (Phi) is 4.36. The molecule has 3 rings (SSSR count). The summed E-state index contributed by atoms with van der Waals surface area (Å²) in [7, 11) is 0. The van der Waals surface area contributed by atoms with Crippen molar-refractivity contribution in [3.8, 4) is 11.4 Å². The highest BCUT2D eigenvalue weighted by Gasteiger charge is 2.15. The average molecular weight is 291 g/mol. The Morgan fingerprint density at radius 2 is 1.85 bits per heavy atom. The zero-order valence-corrected chi connectivity index (χ0v) is 12.3. The summed E-state index contributed by atoms with van der Waals surface area (Å²) < 4.78 is 5.35. The number of halogens is 1. The summed E-state index contributed by atoms with van der Waals surface area (Å²) in [4.78, 5) is 4.47. The Hall–Kier alpha value is -1.35. The first kappa shape index (κ1) is 13.6. The van der Waals surface area contributed by atoms with Crippen LogP contribution in [0.3, 0.4) is 0 Å². The third kappa shape index (κ3) is 3.40. The topological polar surface area (TPSA) is 38.9 Å². The van der Waals surface area contributed by atoms with E-state index in [4.69, 9.17) is 16.1 Å². The molecule has 1 aliphatic carbocycles. The Balaban J connectivity index is 1.60. The van der Waals surface area contributed by atoms with E-state index in [0.29, 0.717) is 5.82 Å². The van der Waals surface area contributed by atoms with Crippen LogP contribution in [0.1, 0.15) is 44.4 Å². The standard InChI is InChI=1S/C16H19ClN2O/c17-14-9-7-13(8-10-14)16-18-15(20-19-16)11-6-12-4-2-1-3-5-12/h7-10,12H,1-6,11H2. The molecule has 0 bridgehead atoms. The highest BCUT2D eigenvalue weighted by molar-refractivity contribution is 6.30. The lowest BCUT2D eigenvalue weighted by Gasteiger charge is -2.20. The van der Waals surface area contributed by atoms with E-state index in [0.717, 1.165) is 28.8 Å². The third-order valence-corrected chi connectivity index (χ3v) is 4.31. The number of benzene rings is 1. The first-order chi connectivity index (χ1) is 9.81. The maximum absolute atomic E-state index is 5.88. The molecule has 1 aliphatic rings. The quantitative estimate of drug-likeness (QED) is 0.803. The number of nitrogens with zero attached hydrogens (tertiary/aromatic N) is 2. The van der Waals surface area contributed by atoms with Gasteiger partial charge in [-0.2, -0.15) is 4.98 Å². The predicted molar refractivity (Wildman–Crippen MR) is 79.6 cm³/mol. The molecule has 0 spiro atoms. The van der Waals surface area contributed by atoms with Crippen molar-refractivity contribution in [1.82, 2.24) is 10.1 Å². The number of aromatic nitrogens is 2. The molecule has 0 N–H and O–H groups in total. The summed E-state index contributed by atoms with van der Waals surface area (Å²) in [6.45, 7) is 0. The van der Waals surface area contributed by atoms with Crippen molar-refractivity contribution < 1.29 is 4.52 Å².